The molecule has 0 spiro atoms. The Hall–Kier alpha value is -1.89. The predicted molar refractivity (Wildman–Crippen MR) is 101 cm³/mol. The molecule has 0 N–H and O–H groups in total. The van der Waals surface area contributed by atoms with Crippen molar-refractivity contribution in [2.45, 2.75) is 37.4 Å². The Morgan fingerprint density at radius 1 is 1.04 bits per heavy atom. The summed E-state index contributed by atoms with van der Waals surface area (Å²) in [6.07, 6.45) is 0.323. The molecule has 1 aliphatic heterocycles. The average Bonchev–Trinajstić information content (AvgIpc) is 2.67. The molecule has 1 heterocycles. The average molecular weight is 375 g/mol. The minimum Gasteiger partial charge on any atom is -0.491 e. The quantitative estimate of drug-likeness (QED) is 0.778. The number of ether oxygens (including phenoxy) is 2. The molecule has 1 saturated heterocycles. The molecule has 1 fully saturated rings. The molecule has 0 bridgehead atoms. The second-order valence-electron chi connectivity index (χ2n) is 6.55. The van der Waals surface area contributed by atoms with E-state index in [0.29, 0.717) is 24.6 Å². The lowest BCUT2D eigenvalue weighted by Gasteiger charge is -2.37. The number of hydrogen-bond acceptors (Lipinski definition) is 4. The van der Waals surface area contributed by atoms with Crippen molar-refractivity contribution in [3.05, 3.63) is 60.2 Å². The summed E-state index contributed by atoms with van der Waals surface area (Å²) in [5, 5.41) is 0. The summed E-state index contributed by atoms with van der Waals surface area (Å²) < 4.78 is 39.3. The molecule has 3 rings (SSSR count). The fraction of sp³-hybridized carbons (Fsp3) is 0.400. The molecule has 0 aromatic heterocycles. The summed E-state index contributed by atoms with van der Waals surface area (Å²) in [5.74, 6) is 0.752. The van der Waals surface area contributed by atoms with Gasteiger partial charge >= 0.3 is 0 Å². The highest BCUT2D eigenvalue weighted by atomic mass is 32.2. The van der Waals surface area contributed by atoms with Crippen LogP contribution in [0, 0.1) is 6.92 Å². The van der Waals surface area contributed by atoms with Gasteiger partial charge in [-0.3, -0.25) is 0 Å². The Bertz CT molecular complexity index is 805. The van der Waals surface area contributed by atoms with Crippen molar-refractivity contribution in [1.82, 2.24) is 4.31 Å². The minimum absolute atomic E-state index is 0.131. The highest BCUT2D eigenvalue weighted by Gasteiger charge is 2.35. The van der Waals surface area contributed by atoms with Crippen molar-refractivity contribution >= 4 is 10.0 Å². The number of aryl methyl sites for hydroxylation is 1. The largest absolute Gasteiger partial charge is 0.491 e. The molecule has 1 aliphatic rings. The Balaban J connectivity index is 1.73. The van der Waals surface area contributed by atoms with E-state index in [2.05, 4.69) is 0 Å². The Labute approximate surface area is 155 Å². The highest BCUT2D eigenvalue weighted by Crippen LogP contribution is 2.23. The van der Waals surface area contributed by atoms with Crippen LogP contribution in [0.2, 0.25) is 0 Å². The molecule has 0 radical (unpaired) electrons. The molecule has 26 heavy (non-hydrogen) atoms. The molecular formula is C20H25NO4S. The predicted octanol–water partition coefficient (Wildman–Crippen LogP) is 3.24. The van der Waals surface area contributed by atoms with Gasteiger partial charge in [0.2, 0.25) is 10.0 Å². The van der Waals surface area contributed by atoms with Gasteiger partial charge in [-0.05, 0) is 37.6 Å². The third-order valence-electron chi connectivity index (χ3n) is 4.49. The van der Waals surface area contributed by atoms with Crippen LogP contribution in [0.15, 0.2) is 59.5 Å². The monoisotopic (exact) mass is 375 g/mol. The maximum atomic E-state index is 13.0. The lowest BCUT2D eigenvalue weighted by atomic mass is 10.2. The first-order valence-corrected chi connectivity index (χ1v) is 10.3. The van der Waals surface area contributed by atoms with Crippen molar-refractivity contribution in [3.63, 3.8) is 0 Å². The van der Waals surface area contributed by atoms with Gasteiger partial charge in [0.1, 0.15) is 18.5 Å². The lowest BCUT2D eigenvalue weighted by molar-refractivity contribution is -0.0798. The molecule has 0 unspecified atom stereocenters. The van der Waals surface area contributed by atoms with Crippen LogP contribution < -0.4 is 4.74 Å². The molecule has 0 saturated carbocycles. The Morgan fingerprint density at radius 3 is 2.35 bits per heavy atom. The number of nitrogens with zero attached hydrogens (tertiary/aromatic N) is 1. The van der Waals surface area contributed by atoms with Crippen molar-refractivity contribution in [2.75, 3.05) is 19.7 Å². The van der Waals surface area contributed by atoms with Gasteiger partial charge in [0.05, 0.1) is 11.0 Å². The lowest BCUT2D eigenvalue weighted by Crippen LogP contribution is -2.51. The number of benzene rings is 2. The second-order valence-corrected chi connectivity index (χ2v) is 8.49. The van der Waals surface area contributed by atoms with Crippen LogP contribution in [0.4, 0.5) is 0 Å². The molecule has 5 nitrogen and oxygen atoms in total. The maximum Gasteiger partial charge on any atom is 0.243 e. The Morgan fingerprint density at radius 2 is 1.69 bits per heavy atom. The van der Waals surface area contributed by atoms with Crippen LogP contribution in [0.25, 0.3) is 0 Å². The number of sulfonamides is 1. The molecule has 2 aromatic rings. The van der Waals surface area contributed by atoms with Gasteiger partial charge in [0.25, 0.3) is 0 Å². The second kappa shape index (κ2) is 8.20. The van der Waals surface area contributed by atoms with E-state index in [1.54, 1.807) is 12.1 Å². The zero-order valence-electron chi connectivity index (χ0n) is 15.2. The zero-order chi connectivity index (χ0) is 18.6. The van der Waals surface area contributed by atoms with E-state index in [9.17, 15) is 8.42 Å². The fourth-order valence-electron chi connectivity index (χ4n) is 2.97. The zero-order valence-corrected chi connectivity index (χ0v) is 16.0. The van der Waals surface area contributed by atoms with Crippen LogP contribution in [0.3, 0.4) is 0 Å². The summed E-state index contributed by atoms with van der Waals surface area (Å²) in [5.41, 5.74) is 1.03. The fourth-order valence-corrected chi connectivity index (χ4v) is 4.47. The smallest absolute Gasteiger partial charge is 0.243 e. The molecule has 140 valence electrons. The van der Waals surface area contributed by atoms with Crippen molar-refractivity contribution < 1.29 is 17.9 Å². The van der Waals surface area contributed by atoms with Crippen LogP contribution in [-0.4, -0.2) is 44.6 Å². The van der Waals surface area contributed by atoms with E-state index < -0.39 is 10.0 Å². The van der Waals surface area contributed by atoms with E-state index >= 15 is 0 Å². The van der Waals surface area contributed by atoms with E-state index in [0.717, 1.165) is 17.7 Å². The van der Waals surface area contributed by atoms with E-state index in [4.69, 9.17) is 9.47 Å². The van der Waals surface area contributed by atoms with Crippen LogP contribution in [-0.2, 0) is 14.8 Å². The van der Waals surface area contributed by atoms with E-state index in [1.807, 2.05) is 56.3 Å². The first kappa shape index (κ1) is 18.9. The standard InChI is InChI=1S/C20H25NO4S/c1-3-17-13-21(26(22,23)20-11-9-16(2)10-12-20)14-19(25-17)15-24-18-7-5-4-6-8-18/h4-12,17,19H,3,13-15H2,1-2H3/t17-,19-/m1/s1. The van der Waals surface area contributed by atoms with Gasteiger partial charge in [-0.15, -0.1) is 0 Å². The van der Waals surface area contributed by atoms with Crippen LogP contribution in [0.5, 0.6) is 5.75 Å². The molecule has 6 heteroatoms. The third-order valence-corrected chi connectivity index (χ3v) is 6.34. The summed E-state index contributed by atoms with van der Waals surface area (Å²) in [6, 6.07) is 16.4. The first-order chi connectivity index (χ1) is 12.5. The van der Waals surface area contributed by atoms with Gasteiger partial charge in [0, 0.05) is 13.1 Å². The number of para-hydroxylation sites is 1. The number of morpholine rings is 1. The highest BCUT2D eigenvalue weighted by molar-refractivity contribution is 7.89. The number of rotatable bonds is 6. The normalized spacial score (nSPS) is 21.5. The van der Waals surface area contributed by atoms with Crippen molar-refractivity contribution in [3.8, 4) is 5.75 Å². The van der Waals surface area contributed by atoms with Crippen LogP contribution >= 0.6 is 0 Å². The first-order valence-electron chi connectivity index (χ1n) is 8.89. The third kappa shape index (κ3) is 4.44. The summed E-state index contributed by atoms with van der Waals surface area (Å²) >= 11 is 0. The number of hydrogen-bond donors (Lipinski definition) is 0. The summed E-state index contributed by atoms with van der Waals surface area (Å²) in [6.45, 7) is 4.92. The summed E-state index contributed by atoms with van der Waals surface area (Å²) in [4.78, 5) is 0.322. The van der Waals surface area contributed by atoms with Gasteiger partial charge in [-0.25, -0.2) is 8.42 Å². The Kier molecular flexibility index (Phi) is 5.96. The van der Waals surface area contributed by atoms with Crippen molar-refractivity contribution in [2.24, 2.45) is 0 Å². The topological polar surface area (TPSA) is 55.8 Å². The molecule has 2 aromatic carbocycles. The van der Waals surface area contributed by atoms with Gasteiger partial charge in [0.15, 0.2) is 0 Å². The van der Waals surface area contributed by atoms with Gasteiger partial charge < -0.3 is 9.47 Å². The van der Waals surface area contributed by atoms with Gasteiger partial charge in [-0.1, -0.05) is 42.8 Å². The molecular weight excluding hydrogens is 350 g/mol. The molecule has 0 amide bonds. The SMILES string of the molecule is CC[C@@H]1CN(S(=O)(=O)c2ccc(C)cc2)C[C@H](COc2ccccc2)O1. The van der Waals surface area contributed by atoms with E-state index in [1.165, 1.54) is 4.31 Å². The minimum atomic E-state index is -3.54. The van der Waals surface area contributed by atoms with Crippen LogP contribution in [0.1, 0.15) is 18.9 Å². The molecule has 0 aliphatic carbocycles. The molecule has 2 atom stereocenters. The summed E-state index contributed by atoms with van der Waals surface area (Å²) in [7, 11) is -3.54. The van der Waals surface area contributed by atoms with Crippen molar-refractivity contribution in [1.29, 1.82) is 0 Å². The maximum absolute atomic E-state index is 13.0. The van der Waals surface area contributed by atoms with E-state index in [-0.39, 0.29) is 12.2 Å². The van der Waals surface area contributed by atoms with Gasteiger partial charge in [-0.2, -0.15) is 4.31 Å².